The highest BCUT2D eigenvalue weighted by Crippen LogP contribution is 2.24. The number of amides is 1. The van der Waals surface area contributed by atoms with E-state index in [4.69, 9.17) is 23.8 Å². The Balaban J connectivity index is 1.54. The molecule has 0 fully saturated rings. The van der Waals surface area contributed by atoms with Gasteiger partial charge in [0.25, 0.3) is 5.91 Å². The van der Waals surface area contributed by atoms with Crippen LogP contribution in [0.1, 0.15) is 10.5 Å². The van der Waals surface area contributed by atoms with E-state index in [1.807, 2.05) is 72.8 Å². The SMILES string of the molecule is O=C(NNC(=S)Nc1ccccc1)c1cc(-c2ccccc2)n(-c2ccc(Cl)cc2)n1. The van der Waals surface area contributed by atoms with Gasteiger partial charge in [-0.1, -0.05) is 60.1 Å². The third-order valence-electron chi connectivity index (χ3n) is 4.40. The Morgan fingerprint density at radius 2 is 1.52 bits per heavy atom. The van der Waals surface area contributed by atoms with Crippen LogP contribution in [0.4, 0.5) is 5.69 Å². The first-order valence-electron chi connectivity index (χ1n) is 9.44. The average Bonchev–Trinajstić information content (AvgIpc) is 3.25. The summed E-state index contributed by atoms with van der Waals surface area (Å²) >= 11 is 11.2. The molecule has 4 aromatic rings. The lowest BCUT2D eigenvalue weighted by Crippen LogP contribution is -2.43. The fourth-order valence-electron chi connectivity index (χ4n) is 2.95. The lowest BCUT2D eigenvalue weighted by Gasteiger charge is -2.10. The minimum absolute atomic E-state index is 0.240. The highest BCUT2D eigenvalue weighted by Gasteiger charge is 2.17. The molecule has 1 aromatic heterocycles. The van der Waals surface area contributed by atoms with Crippen LogP contribution in [0, 0.1) is 0 Å². The smallest absolute Gasteiger partial charge is 0.290 e. The molecule has 1 amide bonds. The molecule has 0 unspecified atom stereocenters. The van der Waals surface area contributed by atoms with Gasteiger partial charge in [-0.3, -0.25) is 15.6 Å². The second kappa shape index (κ2) is 9.42. The lowest BCUT2D eigenvalue weighted by molar-refractivity contribution is 0.0938. The van der Waals surface area contributed by atoms with Crippen LogP contribution >= 0.6 is 23.8 Å². The molecule has 3 aromatic carbocycles. The Morgan fingerprint density at radius 3 is 2.19 bits per heavy atom. The summed E-state index contributed by atoms with van der Waals surface area (Å²) in [4.78, 5) is 12.7. The second-order valence-corrected chi connectivity index (χ2v) is 7.41. The van der Waals surface area contributed by atoms with Crippen LogP contribution in [-0.2, 0) is 0 Å². The maximum absolute atomic E-state index is 12.7. The number of halogens is 1. The molecule has 154 valence electrons. The van der Waals surface area contributed by atoms with Gasteiger partial charge in [0.1, 0.15) is 0 Å². The Hall–Kier alpha value is -3.68. The van der Waals surface area contributed by atoms with E-state index in [9.17, 15) is 4.79 Å². The van der Waals surface area contributed by atoms with E-state index >= 15 is 0 Å². The summed E-state index contributed by atoms with van der Waals surface area (Å²) in [6.45, 7) is 0. The van der Waals surface area contributed by atoms with Gasteiger partial charge in [0.05, 0.1) is 11.4 Å². The van der Waals surface area contributed by atoms with E-state index in [1.165, 1.54) is 0 Å². The molecule has 8 heteroatoms. The average molecular weight is 448 g/mol. The Morgan fingerprint density at radius 1 is 0.871 bits per heavy atom. The molecule has 31 heavy (non-hydrogen) atoms. The summed E-state index contributed by atoms with van der Waals surface area (Å²) in [5.74, 6) is -0.415. The summed E-state index contributed by atoms with van der Waals surface area (Å²) in [6.07, 6.45) is 0. The van der Waals surface area contributed by atoms with Crippen molar-refractivity contribution in [2.45, 2.75) is 0 Å². The van der Waals surface area contributed by atoms with E-state index in [1.54, 1.807) is 22.9 Å². The standard InChI is InChI=1S/C23H18ClN5OS/c24-17-11-13-19(14-12-17)29-21(16-7-3-1-4-8-16)15-20(28-29)22(30)26-27-23(31)25-18-9-5-2-6-10-18/h1-15H,(H,26,30)(H2,25,27,31). The van der Waals surface area contributed by atoms with E-state index in [-0.39, 0.29) is 10.8 Å². The maximum atomic E-state index is 12.7. The van der Waals surface area contributed by atoms with Crippen molar-refractivity contribution in [3.63, 3.8) is 0 Å². The molecule has 0 aliphatic carbocycles. The highest BCUT2D eigenvalue weighted by atomic mass is 35.5. The van der Waals surface area contributed by atoms with Gasteiger partial charge < -0.3 is 5.32 Å². The number of aromatic nitrogens is 2. The van der Waals surface area contributed by atoms with E-state index in [2.05, 4.69) is 21.3 Å². The van der Waals surface area contributed by atoms with Crippen LogP contribution in [0.2, 0.25) is 5.02 Å². The first-order valence-corrected chi connectivity index (χ1v) is 10.2. The number of rotatable bonds is 4. The van der Waals surface area contributed by atoms with Gasteiger partial charge >= 0.3 is 0 Å². The normalized spacial score (nSPS) is 10.4. The van der Waals surface area contributed by atoms with Crippen molar-refractivity contribution in [3.8, 4) is 16.9 Å². The van der Waals surface area contributed by atoms with E-state index < -0.39 is 5.91 Å². The molecule has 6 nitrogen and oxygen atoms in total. The Bertz CT molecular complexity index is 1190. The molecule has 0 radical (unpaired) electrons. The Labute approximate surface area is 189 Å². The molecule has 0 saturated carbocycles. The molecule has 0 aliphatic rings. The second-order valence-electron chi connectivity index (χ2n) is 6.57. The van der Waals surface area contributed by atoms with Crippen molar-refractivity contribution in [1.29, 1.82) is 0 Å². The Kier molecular flexibility index (Phi) is 6.26. The van der Waals surface area contributed by atoms with Crippen molar-refractivity contribution < 1.29 is 4.79 Å². The minimum Gasteiger partial charge on any atom is -0.331 e. The fourth-order valence-corrected chi connectivity index (χ4v) is 3.24. The number of carbonyl (C=O) groups excluding carboxylic acids is 1. The molecular formula is C23H18ClN5OS. The predicted octanol–water partition coefficient (Wildman–Crippen LogP) is 4.82. The van der Waals surface area contributed by atoms with E-state index in [0.29, 0.717) is 5.02 Å². The zero-order valence-corrected chi connectivity index (χ0v) is 17.8. The number of nitrogens with one attached hydrogen (secondary N) is 3. The monoisotopic (exact) mass is 447 g/mol. The van der Waals surface area contributed by atoms with Crippen molar-refractivity contribution in [2.75, 3.05) is 5.32 Å². The molecule has 0 spiro atoms. The number of nitrogens with zero attached hydrogens (tertiary/aromatic N) is 2. The number of anilines is 1. The summed E-state index contributed by atoms with van der Waals surface area (Å²) in [5, 5.41) is 8.38. The largest absolute Gasteiger partial charge is 0.331 e. The van der Waals surface area contributed by atoms with Crippen molar-refractivity contribution >= 4 is 40.5 Å². The molecule has 0 atom stereocenters. The van der Waals surface area contributed by atoms with Crippen LogP contribution in [0.25, 0.3) is 16.9 Å². The molecular weight excluding hydrogens is 430 g/mol. The number of hydrogen-bond acceptors (Lipinski definition) is 3. The van der Waals surface area contributed by atoms with E-state index in [0.717, 1.165) is 22.6 Å². The molecule has 0 aliphatic heterocycles. The topological polar surface area (TPSA) is 71.0 Å². The number of benzene rings is 3. The zero-order chi connectivity index (χ0) is 21.6. The van der Waals surface area contributed by atoms with Crippen molar-refractivity contribution in [1.82, 2.24) is 20.6 Å². The number of hydrazine groups is 1. The van der Waals surface area contributed by atoms with Crippen molar-refractivity contribution in [2.24, 2.45) is 0 Å². The van der Waals surface area contributed by atoms with Gasteiger partial charge in [-0.05, 0) is 54.7 Å². The van der Waals surface area contributed by atoms with Crippen LogP contribution < -0.4 is 16.2 Å². The summed E-state index contributed by atoms with van der Waals surface area (Å²) in [7, 11) is 0. The van der Waals surface area contributed by atoms with Crippen molar-refractivity contribution in [3.05, 3.63) is 102 Å². The van der Waals surface area contributed by atoms with Gasteiger partial charge in [-0.25, -0.2) is 4.68 Å². The van der Waals surface area contributed by atoms with Crippen LogP contribution in [0.5, 0.6) is 0 Å². The molecule has 1 heterocycles. The lowest BCUT2D eigenvalue weighted by atomic mass is 10.1. The van der Waals surface area contributed by atoms with Gasteiger partial charge in [-0.15, -0.1) is 0 Å². The molecule has 0 saturated heterocycles. The molecule has 4 rings (SSSR count). The quantitative estimate of drug-likeness (QED) is 0.309. The van der Waals surface area contributed by atoms with Gasteiger partial charge in [0, 0.05) is 16.3 Å². The third kappa shape index (κ3) is 5.09. The molecule has 0 bridgehead atoms. The summed E-state index contributed by atoms with van der Waals surface area (Å²) in [5.41, 5.74) is 8.83. The van der Waals surface area contributed by atoms with Crippen LogP contribution in [0.15, 0.2) is 91.0 Å². The number of thiocarbonyl (C=S) groups is 1. The fraction of sp³-hybridized carbons (Fsp3) is 0. The van der Waals surface area contributed by atoms with Gasteiger partial charge in [0.2, 0.25) is 0 Å². The first kappa shape index (κ1) is 20.6. The predicted molar refractivity (Wildman–Crippen MR) is 127 cm³/mol. The van der Waals surface area contributed by atoms with Gasteiger partial charge in [0.15, 0.2) is 10.8 Å². The first-order chi connectivity index (χ1) is 15.1. The van der Waals surface area contributed by atoms with Gasteiger partial charge in [-0.2, -0.15) is 5.10 Å². The maximum Gasteiger partial charge on any atom is 0.290 e. The third-order valence-corrected chi connectivity index (χ3v) is 4.86. The number of carbonyl (C=O) groups is 1. The highest BCUT2D eigenvalue weighted by molar-refractivity contribution is 7.80. The summed E-state index contributed by atoms with van der Waals surface area (Å²) in [6, 6.07) is 28.1. The van der Waals surface area contributed by atoms with Crippen LogP contribution in [0.3, 0.4) is 0 Å². The minimum atomic E-state index is -0.415. The molecule has 3 N–H and O–H groups in total. The van der Waals surface area contributed by atoms with Crippen LogP contribution in [-0.4, -0.2) is 20.8 Å². The number of hydrogen-bond donors (Lipinski definition) is 3. The summed E-state index contributed by atoms with van der Waals surface area (Å²) < 4.78 is 1.71. The number of para-hydroxylation sites is 1. The zero-order valence-electron chi connectivity index (χ0n) is 16.2.